The molecule has 2 aromatic heterocycles. The molecule has 30 heavy (non-hydrogen) atoms. The molecule has 1 N–H and O–H groups in total. The number of piperazine rings is 1. The molecule has 0 unspecified atom stereocenters. The molecule has 0 bridgehead atoms. The normalized spacial score (nSPS) is 14.8. The summed E-state index contributed by atoms with van der Waals surface area (Å²) < 4.78 is 21.2. The highest BCUT2D eigenvalue weighted by atomic mass is 19.1. The lowest BCUT2D eigenvalue weighted by molar-refractivity contribution is 0.233. The van der Waals surface area contributed by atoms with Crippen LogP contribution in [0.1, 0.15) is 5.56 Å². The van der Waals surface area contributed by atoms with Crippen LogP contribution < -0.4 is 5.32 Å². The Kier molecular flexibility index (Phi) is 5.17. The van der Waals surface area contributed by atoms with Crippen LogP contribution >= 0.6 is 0 Å². The van der Waals surface area contributed by atoms with Crippen LogP contribution in [0.5, 0.6) is 0 Å². The molecule has 152 valence electrons. The van der Waals surface area contributed by atoms with Crippen molar-refractivity contribution in [3.63, 3.8) is 0 Å². The Morgan fingerprint density at radius 1 is 0.967 bits per heavy atom. The summed E-state index contributed by atoms with van der Waals surface area (Å²) in [6.45, 7) is 4.88. The summed E-state index contributed by atoms with van der Waals surface area (Å²) in [4.78, 5) is 2.43. The van der Waals surface area contributed by atoms with Crippen LogP contribution in [-0.4, -0.2) is 40.9 Å². The molecule has 2 aromatic carbocycles. The molecule has 0 saturated carbocycles. The summed E-state index contributed by atoms with van der Waals surface area (Å²) in [7, 11) is 0. The third kappa shape index (κ3) is 3.79. The van der Waals surface area contributed by atoms with Gasteiger partial charge in [0.2, 0.25) is 0 Å². The van der Waals surface area contributed by atoms with E-state index in [0.29, 0.717) is 0 Å². The minimum atomic E-state index is -0.235. The zero-order chi connectivity index (χ0) is 20.3. The van der Waals surface area contributed by atoms with Crippen molar-refractivity contribution in [1.29, 1.82) is 0 Å². The van der Waals surface area contributed by atoms with Crippen molar-refractivity contribution in [2.75, 3.05) is 26.2 Å². The molecule has 1 fully saturated rings. The Morgan fingerprint density at radius 2 is 1.80 bits per heavy atom. The number of aromatic nitrogens is 2. The number of hydrogen-bond donors (Lipinski definition) is 1. The highest BCUT2D eigenvalue weighted by Crippen LogP contribution is 2.29. The van der Waals surface area contributed by atoms with Gasteiger partial charge in [-0.1, -0.05) is 24.3 Å². The van der Waals surface area contributed by atoms with Gasteiger partial charge in [-0.2, -0.15) is 5.10 Å². The average Bonchev–Trinajstić information content (AvgIpc) is 3.44. The summed E-state index contributed by atoms with van der Waals surface area (Å²) in [6, 6.07) is 18.5. The van der Waals surface area contributed by atoms with E-state index in [9.17, 15) is 4.39 Å². The third-order valence-electron chi connectivity index (χ3n) is 5.47. The van der Waals surface area contributed by atoms with Gasteiger partial charge >= 0.3 is 0 Å². The van der Waals surface area contributed by atoms with Gasteiger partial charge in [0.25, 0.3) is 0 Å². The van der Waals surface area contributed by atoms with Gasteiger partial charge in [0, 0.05) is 38.3 Å². The van der Waals surface area contributed by atoms with E-state index in [1.165, 1.54) is 6.07 Å². The van der Waals surface area contributed by atoms with Crippen LogP contribution in [0.25, 0.3) is 28.3 Å². The summed E-state index contributed by atoms with van der Waals surface area (Å²) in [5.41, 5.74) is 4.87. The van der Waals surface area contributed by atoms with Crippen molar-refractivity contribution in [2.45, 2.75) is 6.54 Å². The molecule has 0 spiro atoms. The number of hydrogen-bond acceptors (Lipinski definition) is 4. The molecule has 0 atom stereocenters. The van der Waals surface area contributed by atoms with Crippen molar-refractivity contribution < 1.29 is 8.81 Å². The van der Waals surface area contributed by atoms with Crippen molar-refractivity contribution in [1.82, 2.24) is 20.0 Å². The predicted molar refractivity (Wildman–Crippen MR) is 115 cm³/mol. The first-order chi connectivity index (χ1) is 14.8. The number of rotatable bonds is 5. The van der Waals surface area contributed by atoms with Gasteiger partial charge in [-0.15, -0.1) is 0 Å². The second-order valence-corrected chi connectivity index (χ2v) is 7.49. The lowest BCUT2D eigenvalue weighted by Gasteiger charge is -2.27. The lowest BCUT2D eigenvalue weighted by Crippen LogP contribution is -2.42. The average molecular weight is 402 g/mol. The fourth-order valence-corrected chi connectivity index (χ4v) is 3.94. The predicted octanol–water partition coefficient (Wildman–Crippen LogP) is 4.34. The summed E-state index contributed by atoms with van der Waals surface area (Å²) in [6.07, 6.45) is 3.62. The second-order valence-electron chi connectivity index (χ2n) is 7.49. The summed E-state index contributed by atoms with van der Waals surface area (Å²) in [5.74, 6) is 0.563. The van der Waals surface area contributed by atoms with E-state index in [-0.39, 0.29) is 5.82 Å². The smallest absolute Gasteiger partial charge is 0.152 e. The van der Waals surface area contributed by atoms with Gasteiger partial charge in [0.15, 0.2) is 5.76 Å². The Hall–Kier alpha value is -3.22. The highest BCUT2D eigenvalue weighted by Gasteiger charge is 2.20. The van der Waals surface area contributed by atoms with E-state index in [4.69, 9.17) is 4.42 Å². The molecular weight excluding hydrogens is 379 g/mol. The maximum Gasteiger partial charge on any atom is 0.152 e. The van der Waals surface area contributed by atoms with Crippen molar-refractivity contribution in [3.05, 3.63) is 84.5 Å². The molecule has 5 rings (SSSR count). The molecule has 0 radical (unpaired) electrons. The van der Waals surface area contributed by atoms with Crippen LogP contribution in [0, 0.1) is 5.82 Å². The highest BCUT2D eigenvalue weighted by molar-refractivity contribution is 5.66. The zero-order valence-corrected chi connectivity index (χ0v) is 16.6. The zero-order valence-electron chi connectivity index (χ0n) is 16.6. The van der Waals surface area contributed by atoms with Crippen LogP contribution in [-0.2, 0) is 6.54 Å². The Labute approximate surface area is 174 Å². The number of benzene rings is 2. The van der Waals surface area contributed by atoms with E-state index in [2.05, 4.69) is 15.3 Å². The molecular formula is C24H23FN4O. The first kappa shape index (κ1) is 18.8. The minimum absolute atomic E-state index is 0.235. The molecule has 4 aromatic rings. The second kappa shape index (κ2) is 8.26. The van der Waals surface area contributed by atoms with Crippen LogP contribution in [0.15, 0.2) is 77.5 Å². The number of furan rings is 1. The van der Waals surface area contributed by atoms with Gasteiger partial charge in [-0.05, 0) is 47.5 Å². The maximum absolute atomic E-state index is 13.6. The molecule has 0 amide bonds. The Bertz CT molecular complexity index is 1110. The lowest BCUT2D eigenvalue weighted by atomic mass is 10.1. The fourth-order valence-electron chi connectivity index (χ4n) is 3.94. The Morgan fingerprint density at radius 3 is 2.53 bits per heavy atom. The van der Waals surface area contributed by atoms with E-state index in [1.54, 1.807) is 18.4 Å². The number of nitrogens with one attached hydrogen (secondary N) is 1. The molecule has 6 heteroatoms. The molecule has 5 nitrogen and oxygen atoms in total. The standard InChI is InChI=1S/C24H23FN4O/c25-21-4-1-3-19(15-21)18-6-8-22(9-7-18)29-24(23-5-2-14-30-23)20(16-27-29)17-28-12-10-26-11-13-28/h1-9,14-16,26H,10-13,17H2. The van der Waals surface area contributed by atoms with Gasteiger partial charge in [0.1, 0.15) is 11.5 Å². The van der Waals surface area contributed by atoms with Crippen molar-refractivity contribution in [2.24, 2.45) is 0 Å². The van der Waals surface area contributed by atoms with Crippen molar-refractivity contribution >= 4 is 0 Å². The monoisotopic (exact) mass is 402 g/mol. The SMILES string of the molecule is Fc1cccc(-c2ccc(-n3ncc(CN4CCNCC4)c3-c3ccco3)cc2)c1. The van der Waals surface area contributed by atoms with E-state index >= 15 is 0 Å². The quantitative estimate of drug-likeness (QED) is 0.539. The van der Waals surface area contributed by atoms with Gasteiger partial charge < -0.3 is 9.73 Å². The summed E-state index contributed by atoms with van der Waals surface area (Å²) >= 11 is 0. The van der Waals surface area contributed by atoms with Crippen LogP contribution in [0.3, 0.4) is 0 Å². The van der Waals surface area contributed by atoms with Crippen molar-refractivity contribution in [3.8, 4) is 28.3 Å². The number of halogens is 1. The van der Waals surface area contributed by atoms with Gasteiger partial charge in [-0.25, -0.2) is 9.07 Å². The molecule has 1 aliphatic heterocycles. The maximum atomic E-state index is 13.6. The topological polar surface area (TPSA) is 46.2 Å². The summed E-state index contributed by atoms with van der Waals surface area (Å²) in [5, 5.41) is 8.07. The van der Waals surface area contributed by atoms with E-state index in [1.807, 2.05) is 53.3 Å². The van der Waals surface area contributed by atoms with Gasteiger partial charge in [0.05, 0.1) is 18.1 Å². The number of nitrogens with zero attached hydrogens (tertiary/aromatic N) is 3. The largest absolute Gasteiger partial charge is 0.463 e. The van der Waals surface area contributed by atoms with Crippen LogP contribution in [0.4, 0.5) is 4.39 Å². The van der Waals surface area contributed by atoms with E-state index < -0.39 is 0 Å². The minimum Gasteiger partial charge on any atom is -0.463 e. The van der Waals surface area contributed by atoms with E-state index in [0.717, 1.165) is 66.6 Å². The third-order valence-corrected chi connectivity index (χ3v) is 5.47. The fraction of sp³-hybridized carbons (Fsp3) is 0.208. The van der Waals surface area contributed by atoms with Crippen LogP contribution in [0.2, 0.25) is 0 Å². The first-order valence-corrected chi connectivity index (χ1v) is 10.2. The molecule has 0 aliphatic carbocycles. The van der Waals surface area contributed by atoms with Gasteiger partial charge in [-0.3, -0.25) is 4.90 Å². The molecule has 3 heterocycles. The Balaban J connectivity index is 1.49. The molecule has 1 aliphatic rings. The first-order valence-electron chi connectivity index (χ1n) is 10.2. The molecule has 1 saturated heterocycles.